The van der Waals surface area contributed by atoms with Crippen molar-refractivity contribution in [3.8, 4) is 0 Å². The molecular weight excluding hydrogens is 306 g/mol. The number of amides is 1. The van der Waals surface area contributed by atoms with Crippen molar-refractivity contribution in [1.29, 1.82) is 0 Å². The van der Waals surface area contributed by atoms with Gasteiger partial charge in [-0.1, -0.05) is 23.7 Å². The van der Waals surface area contributed by atoms with E-state index in [9.17, 15) is 4.79 Å². The number of nitrogens with zero attached hydrogens (tertiary/aromatic N) is 1. The van der Waals surface area contributed by atoms with Gasteiger partial charge in [-0.05, 0) is 29.8 Å². The van der Waals surface area contributed by atoms with Gasteiger partial charge in [-0.25, -0.2) is 4.98 Å². The third kappa shape index (κ3) is 2.84. The summed E-state index contributed by atoms with van der Waals surface area (Å²) in [6.45, 7) is 0.403. The van der Waals surface area contributed by atoms with Crippen LogP contribution in [0.3, 0.4) is 0 Å². The molecule has 3 N–H and O–H groups in total. The summed E-state index contributed by atoms with van der Waals surface area (Å²) >= 11 is 7.21. The maximum atomic E-state index is 12.3. The van der Waals surface area contributed by atoms with Crippen molar-refractivity contribution in [2.75, 3.05) is 5.73 Å². The summed E-state index contributed by atoms with van der Waals surface area (Å²) in [5, 5.41) is 4.31. The molecule has 4 nitrogen and oxygen atoms in total. The zero-order valence-electron chi connectivity index (χ0n) is 11.0. The average Bonchev–Trinajstić information content (AvgIpc) is 2.83. The molecule has 2 aromatic heterocycles. The second-order valence-corrected chi connectivity index (χ2v) is 5.95. The number of benzene rings is 1. The number of fused-ring (bicyclic) bond motifs is 1. The summed E-state index contributed by atoms with van der Waals surface area (Å²) in [6.07, 6.45) is 1.69. The number of aromatic nitrogens is 1. The van der Waals surface area contributed by atoms with E-state index in [0.29, 0.717) is 22.1 Å². The Labute approximate surface area is 130 Å². The van der Waals surface area contributed by atoms with Gasteiger partial charge in [0.25, 0.3) is 5.91 Å². The number of nitrogen functional groups attached to an aromatic ring is 1. The fraction of sp³-hybridized carbons (Fsp3) is 0.0667. The van der Waals surface area contributed by atoms with Crippen molar-refractivity contribution < 1.29 is 4.79 Å². The van der Waals surface area contributed by atoms with E-state index in [2.05, 4.69) is 10.3 Å². The van der Waals surface area contributed by atoms with Crippen LogP contribution in [0.4, 0.5) is 5.69 Å². The Morgan fingerprint density at radius 2 is 2.19 bits per heavy atom. The zero-order chi connectivity index (χ0) is 14.8. The molecule has 0 aliphatic carbocycles. The number of rotatable bonds is 3. The number of hydrogen-bond donors (Lipinski definition) is 2. The summed E-state index contributed by atoms with van der Waals surface area (Å²) in [7, 11) is 0. The quantitative estimate of drug-likeness (QED) is 0.777. The summed E-state index contributed by atoms with van der Waals surface area (Å²) in [6, 6.07) is 11.0. The van der Waals surface area contributed by atoms with Crippen molar-refractivity contribution >= 4 is 44.7 Å². The molecule has 3 aromatic rings. The third-order valence-corrected chi connectivity index (χ3v) is 4.42. The summed E-state index contributed by atoms with van der Waals surface area (Å²) in [5.74, 6) is -0.199. The molecule has 0 spiro atoms. The highest BCUT2D eigenvalue weighted by molar-refractivity contribution is 7.21. The molecule has 0 aliphatic rings. The molecule has 2 heterocycles. The average molecular weight is 318 g/mol. The van der Waals surface area contributed by atoms with Crippen LogP contribution < -0.4 is 11.1 Å². The Kier molecular flexibility index (Phi) is 3.77. The molecule has 0 bridgehead atoms. The van der Waals surface area contributed by atoms with Crippen LogP contribution in [0, 0.1) is 0 Å². The highest BCUT2D eigenvalue weighted by Crippen LogP contribution is 2.31. The first kappa shape index (κ1) is 13.9. The SMILES string of the molecule is Nc1c(C(=O)NCc2cccc(Cl)c2)sc2ncccc12. The van der Waals surface area contributed by atoms with Crippen LogP contribution in [-0.4, -0.2) is 10.9 Å². The van der Waals surface area contributed by atoms with Gasteiger partial charge >= 0.3 is 0 Å². The minimum absolute atomic E-state index is 0.199. The standard InChI is InChI=1S/C15H12ClN3OS/c16-10-4-1-3-9(7-10)8-19-14(20)13-12(17)11-5-2-6-18-15(11)21-13/h1-7H,8,17H2,(H,19,20). The Bertz CT molecular complexity index is 816. The van der Waals surface area contributed by atoms with E-state index in [0.717, 1.165) is 15.8 Å². The predicted octanol–water partition coefficient (Wildman–Crippen LogP) is 3.46. The maximum absolute atomic E-state index is 12.3. The highest BCUT2D eigenvalue weighted by atomic mass is 35.5. The van der Waals surface area contributed by atoms with Crippen LogP contribution >= 0.6 is 22.9 Å². The van der Waals surface area contributed by atoms with Gasteiger partial charge < -0.3 is 11.1 Å². The van der Waals surface area contributed by atoms with Crippen molar-refractivity contribution in [3.63, 3.8) is 0 Å². The van der Waals surface area contributed by atoms with E-state index in [4.69, 9.17) is 17.3 Å². The van der Waals surface area contributed by atoms with Gasteiger partial charge in [0.1, 0.15) is 9.71 Å². The molecule has 0 atom stereocenters. The van der Waals surface area contributed by atoms with Crippen LogP contribution in [0.1, 0.15) is 15.2 Å². The molecule has 1 amide bonds. The summed E-state index contributed by atoms with van der Waals surface area (Å²) in [4.78, 5) is 17.7. The van der Waals surface area contributed by atoms with E-state index >= 15 is 0 Å². The van der Waals surface area contributed by atoms with Crippen LogP contribution in [0.5, 0.6) is 0 Å². The highest BCUT2D eigenvalue weighted by Gasteiger charge is 2.16. The molecule has 6 heteroatoms. The first-order chi connectivity index (χ1) is 10.1. The van der Waals surface area contributed by atoms with Crippen LogP contribution in [0.25, 0.3) is 10.2 Å². The second-order valence-electron chi connectivity index (χ2n) is 4.51. The van der Waals surface area contributed by atoms with E-state index < -0.39 is 0 Å². The Hall–Kier alpha value is -2.11. The lowest BCUT2D eigenvalue weighted by Crippen LogP contribution is -2.22. The fourth-order valence-electron chi connectivity index (χ4n) is 2.03. The monoisotopic (exact) mass is 317 g/mol. The lowest BCUT2D eigenvalue weighted by atomic mass is 10.2. The van der Waals surface area contributed by atoms with Gasteiger partial charge in [-0.15, -0.1) is 11.3 Å². The number of carbonyl (C=O) groups is 1. The molecule has 0 aliphatic heterocycles. The number of halogens is 1. The van der Waals surface area contributed by atoms with Crippen molar-refractivity contribution in [2.24, 2.45) is 0 Å². The molecule has 106 valence electrons. The number of hydrogen-bond acceptors (Lipinski definition) is 4. The molecule has 0 saturated carbocycles. The summed E-state index contributed by atoms with van der Waals surface area (Å²) in [5.41, 5.74) is 7.44. The first-order valence-electron chi connectivity index (χ1n) is 6.31. The molecule has 0 fully saturated rings. The Morgan fingerprint density at radius 3 is 2.95 bits per heavy atom. The van der Waals surface area contributed by atoms with Gasteiger partial charge in [0.15, 0.2) is 0 Å². The third-order valence-electron chi connectivity index (χ3n) is 3.05. The van der Waals surface area contributed by atoms with E-state index in [-0.39, 0.29) is 5.91 Å². The van der Waals surface area contributed by atoms with Crippen molar-refractivity contribution in [1.82, 2.24) is 10.3 Å². The zero-order valence-corrected chi connectivity index (χ0v) is 12.5. The largest absolute Gasteiger partial charge is 0.397 e. The molecule has 21 heavy (non-hydrogen) atoms. The van der Waals surface area contributed by atoms with Crippen LogP contribution in [-0.2, 0) is 6.54 Å². The Balaban J connectivity index is 1.79. The number of anilines is 1. The maximum Gasteiger partial charge on any atom is 0.263 e. The van der Waals surface area contributed by atoms with E-state index in [1.807, 2.05) is 24.3 Å². The van der Waals surface area contributed by atoms with E-state index in [1.54, 1.807) is 18.3 Å². The number of nitrogens with two attached hydrogens (primary N) is 1. The lowest BCUT2D eigenvalue weighted by Gasteiger charge is -2.05. The topological polar surface area (TPSA) is 68.0 Å². The minimum atomic E-state index is -0.199. The smallest absolute Gasteiger partial charge is 0.263 e. The van der Waals surface area contributed by atoms with Crippen molar-refractivity contribution in [3.05, 3.63) is 58.1 Å². The van der Waals surface area contributed by atoms with Crippen LogP contribution in [0.15, 0.2) is 42.6 Å². The molecule has 0 radical (unpaired) electrons. The molecular formula is C15H12ClN3OS. The predicted molar refractivity (Wildman–Crippen MR) is 86.7 cm³/mol. The minimum Gasteiger partial charge on any atom is -0.397 e. The van der Waals surface area contributed by atoms with Gasteiger partial charge in [0.2, 0.25) is 0 Å². The van der Waals surface area contributed by atoms with Crippen molar-refractivity contribution in [2.45, 2.75) is 6.54 Å². The molecule has 1 aromatic carbocycles. The molecule has 3 rings (SSSR count). The van der Waals surface area contributed by atoms with E-state index in [1.165, 1.54) is 11.3 Å². The normalized spacial score (nSPS) is 10.7. The number of pyridine rings is 1. The molecule has 0 saturated heterocycles. The van der Waals surface area contributed by atoms with Gasteiger partial charge in [-0.2, -0.15) is 0 Å². The first-order valence-corrected chi connectivity index (χ1v) is 7.50. The second kappa shape index (κ2) is 5.71. The van der Waals surface area contributed by atoms with Crippen LogP contribution in [0.2, 0.25) is 5.02 Å². The molecule has 0 unspecified atom stereocenters. The number of thiophene rings is 1. The van der Waals surface area contributed by atoms with Gasteiger partial charge in [-0.3, -0.25) is 4.79 Å². The number of carbonyl (C=O) groups excluding carboxylic acids is 1. The van der Waals surface area contributed by atoms with Gasteiger partial charge in [0.05, 0.1) is 5.69 Å². The lowest BCUT2D eigenvalue weighted by molar-refractivity contribution is 0.0956. The van der Waals surface area contributed by atoms with Gasteiger partial charge in [0, 0.05) is 23.2 Å². The Morgan fingerprint density at radius 1 is 1.33 bits per heavy atom. The number of nitrogens with one attached hydrogen (secondary N) is 1. The fourth-order valence-corrected chi connectivity index (χ4v) is 3.22. The summed E-state index contributed by atoms with van der Waals surface area (Å²) < 4.78 is 0.